The average Bonchev–Trinajstić information content (AvgIpc) is 2.42. The van der Waals surface area contributed by atoms with Crippen LogP contribution in [0.25, 0.3) is 0 Å². The molecule has 0 bridgehead atoms. The van der Waals surface area contributed by atoms with Gasteiger partial charge in [0.15, 0.2) is 5.69 Å². The number of aromatic nitrogens is 1. The van der Waals surface area contributed by atoms with Gasteiger partial charge in [0.25, 0.3) is 5.91 Å². The van der Waals surface area contributed by atoms with Crippen LogP contribution in [-0.4, -0.2) is 17.4 Å². The van der Waals surface area contributed by atoms with E-state index in [-0.39, 0.29) is 5.91 Å². The highest BCUT2D eigenvalue weighted by Crippen LogP contribution is 2.19. The maximum Gasteiger partial charge on any atom is 0.278 e. The fraction of sp³-hybridized carbons (Fsp3) is 0.200. The molecule has 1 heterocycles. The molecule has 0 atom stereocenters. The average molecular weight is 255 g/mol. The van der Waals surface area contributed by atoms with Crippen molar-refractivity contribution in [1.29, 1.82) is 0 Å². The summed E-state index contributed by atoms with van der Waals surface area (Å²) in [5, 5.41) is 0. The Labute approximate surface area is 112 Å². The molecule has 19 heavy (non-hydrogen) atoms. The minimum Gasteiger partial charge on any atom is -0.397 e. The topological polar surface area (TPSA) is 59.2 Å². The van der Waals surface area contributed by atoms with Gasteiger partial charge >= 0.3 is 0 Å². The van der Waals surface area contributed by atoms with Crippen LogP contribution in [0.15, 0.2) is 42.6 Å². The lowest BCUT2D eigenvalue weighted by atomic mass is 10.2. The van der Waals surface area contributed by atoms with E-state index in [2.05, 4.69) is 4.98 Å². The number of nitrogen functional groups attached to an aromatic ring is 1. The Morgan fingerprint density at radius 3 is 2.53 bits per heavy atom. The Morgan fingerprint density at radius 1 is 1.26 bits per heavy atom. The molecule has 2 rings (SSSR count). The van der Waals surface area contributed by atoms with Gasteiger partial charge in [-0.2, -0.15) is 0 Å². The third-order valence-corrected chi connectivity index (χ3v) is 2.95. The van der Waals surface area contributed by atoms with Crippen LogP contribution in [0.4, 0.5) is 11.4 Å². The molecule has 0 radical (unpaired) electrons. The van der Waals surface area contributed by atoms with Crippen LogP contribution in [0.5, 0.6) is 0 Å². The number of carbonyl (C=O) groups is 1. The third kappa shape index (κ3) is 2.73. The Kier molecular flexibility index (Phi) is 3.80. The Hall–Kier alpha value is -2.36. The minimum absolute atomic E-state index is 0.176. The van der Waals surface area contributed by atoms with Crippen LogP contribution in [0.3, 0.4) is 0 Å². The number of hydrogen-bond donors (Lipinski definition) is 1. The van der Waals surface area contributed by atoms with Crippen LogP contribution < -0.4 is 10.6 Å². The van der Waals surface area contributed by atoms with E-state index in [0.717, 1.165) is 11.3 Å². The molecular formula is C15H17N3O. The van der Waals surface area contributed by atoms with E-state index in [1.54, 1.807) is 23.2 Å². The largest absolute Gasteiger partial charge is 0.397 e. The zero-order valence-electron chi connectivity index (χ0n) is 11.1. The number of rotatable bonds is 3. The number of aryl methyl sites for hydroxylation is 1. The maximum absolute atomic E-state index is 12.5. The molecule has 0 aliphatic heterocycles. The smallest absolute Gasteiger partial charge is 0.278 e. The van der Waals surface area contributed by atoms with Gasteiger partial charge < -0.3 is 10.6 Å². The summed E-state index contributed by atoms with van der Waals surface area (Å²) in [5.41, 5.74) is 8.51. The van der Waals surface area contributed by atoms with Crippen molar-refractivity contribution in [3.63, 3.8) is 0 Å². The molecule has 1 aromatic carbocycles. The quantitative estimate of drug-likeness (QED) is 0.917. The van der Waals surface area contributed by atoms with Gasteiger partial charge in [0, 0.05) is 18.4 Å². The molecule has 0 saturated heterocycles. The van der Waals surface area contributed by atoms with E-state index < -0.39 is 0 Å². The van der Waals surface area contributed by atoms with Crippen molar-refractivity contribution >= 4 is 17.3 Å². The van der Waals surface area contributed by atoms with Crippen molar-refractivity contribution in [1.82, 2.24) is 4.98 Å². The lowest BCUT2D eigenvalue weighted by Gasteiger charge is -2.21. The molecule has 0 aliphatic rings. The van der Waals surface area contributed by atoms with Gasteiger partial charge in [0.1, 0.15) is 0 Å². The van der Waals surface area contributed by atoms with Crippen molar-refractivity contribution in [3.05, 3.63) is 53.9 Å². The second kappa shape index (κ2) is 5.52. The van der Waals surface area contributed by atoms with Crippen molar-refractivity contribution in [2.45, 2.75) is 13.8 Å². The van der Waals surface area contributed by atoms with Crippen LogP contribution in [0.1, 0.15) is 23.0 Å². The number of nitrogens with zero attached hydrogens (tertiary/aromatic N) is 2. The summed E-state index contributed by atoms with van der Waals surface area (Å²) in [7, 11) is 0. The van der Waals surface area contributed by atoms with Gasteiger partial charge in [-0.1, -0.05) is 17.7 Å². The van der Waals surface area contributed by atoms with Crippen molar-refractivity contribution < 1.29 is 4.79 Å². The molecule has 4 nitrogen and oxygen atoms in total. The Bertz CT molecular complexity index is 578. The SMILES string of the molecule is CCN(C(=O)c1ncccc1N)c1ccc(C)cc1. The summed E-state index contributed by atoms with van der Waals surface area (Å²) in [5.74, 6) is -0.176. The summed E-state index contributed by atoms with van der Waals surface area (Å²) in [6, 6.07) is 11.2. The van der Waals surface area contributed by atoms with Crippen LogP contribution >= 0.6 is 0 Å². The Morgan fingerprint density at radius 2 is 1.95 bits per heavy atom. The van der Waals surface area contributed by atoms with E-state index in [9.17, 15) is 4.79 Å². The number of amides is 1. The number of nitrogens with two attached hydrogens (primary N) is 1. The first-order valence-corrected chi connectivity index (χ1v) is 6.22. The normalized spacial score (nSPS) is 10.2. The molecule has 0 saturated carbocycles. The molecular weight excluding hydrogens is 238 g/mol. The van der Waals surface area contributed by atoms with Gasteiger partial charge in [-0.3, -0.25) is 4.79 Å². The van der Waals surface area contributed by atoms with Crippen molar-refractivity contribution in [2.75, 3.05) is 17.2 Å². The molecule has 4 heteroatoms. The van der Waals surface area contributed by atoms with Gasteiger partial charge in [0.2, 0.25) is 0 Å². The molecule has 0 spiro atoms. The highest BCUT2D eigenvalue weighted by molar-refractivity contribution is 6.07. The van der Waals surface area contributed by atoms with Gasteiger partial charge in [-0.15, -0.1) is 0 Å². The van der Waals surface area contributed by atoms with Gasteiger partial charge in [0.05, 0.1) is 5.69 Å². The zero-order chi connectivity index (χ0) is 13.8. The lowest BCUT2D eigenvalue weighted by Crippen LogP contribution is -2.31. The predicted octanol–water partition coefficient (Wildman–Crippen LogP) is 2.64. The standard InChI is InChI=1S/C15H17N3O/c1-3-18(12-8-6-11(2)7-9-12)15(19)14-13(16)5-4-10-17-14/h4-10H,3,16H2,1-2H3. The summed E-state index contributed by atoms with van der Waals surface area (Å²) in [6.07, 6.45) is 1.58. The van der Waals surface area contributed by atoms with E-state index in [4.69, 9.17) is 5.73 Å². The Balaban J connectivity index is 2.35. The first kappa shape index (κ1) is 13.1. The third-order valence-electron chi connectivity index (χ3n) is 2.95. The number of hydrogen-bond acceptors (Lipinski definition) is 3. The van der Waals surface area contributed by atoms with Crippen LogP contribution in [0, 0.1) is 6.92 Å². The van der Waals surface area contributed by atoms with Crippen molar-refractivity contribution in [3.8, 4) is 0 Å². The summed E-state index contributed by atoms with van der Waals surface area (Å²) >= 11 is 0. The number of carbonyl (C=O) groups excluding carboxylic acids is 1. The molecule has 1 aromatic heterocycles. The molecule has 98 valence electrons. The summed E-state index contributed by atoms with van der Waals surface area (Å²) in [4.78, 5) is 18.2. The molecule has 0 aliphatic carbocycles. The fourth-order valence-corrected chi connectivity index (χ4v) is 1.89. The summed E-state index contributed by atoms with van der Waals surface area (Å²) < 4.78 is 0. The van der Waals surface area contributed by atoms with E-state index in [1.165, 1.54) is 0 Å². The second-order valence-electron chi connectivity index (χ2n) is 4.33. The lowest BCUT2D eigenvalue weighted by molar-refractivity contribution is 0.0984. The van der Waals surface area contributed by atoms with Crippen molar-refractivity contribution in [2.24, 2.45) is 0 Å². The van der Waals surface area contributed by atoms with Crippen LogP contribution in [0.2, 0.25) is 0 Å². The zero-order valence-corrected chi connectivity index (χ0v) is 11.1. The molecule has 0 unspecified atom stereocenters. The second-order valence-corrected chi connectivity index (χ2v) is 4.33. The first-order chi connectivity index (χ1) is 9.13. The first-order valence-electron chi connectivity index (χ1n) is 6.22. The molecule has 2 aromatic rings. The monoisotopic (exact) mass is 255 g/mol. The highest BCUT2D eigenvalue weighted by Gasteiger charge is 2.19. The predicted molar refractivity (Wildman–Crippen MR) is 77.2 cm³/mol. The maximum atomic E-state index is 12.5. The molecule has 0 fully saturated rings. The molecule has 2 N–H and O–H groups in total. The molecule has 1 amide bonds. The fourth-order valence-electron chi connectivity index (χ4n) is 1.89. The number of anilines is 2. The van der Waals surface area contributed by atoms with E-state index in [1.807, 2.05) is 38.1 Å². The van der Waals surface area contributed by atoms with E-state index >= 15 is 0 Å². The minimum atomic E-state index is -0.176. The summed E-state index contributed by atoms with van der Waals surface area (Å²) in [6.45, 7) is 4.51. The van der Waals surface area contributed by atoms with Gasteiger partial charge in [-0.05, 0) is 38.1 Å². The highest BCUT2D eigenvalue weighted by atomic mass is 16.2. The van der Waals surface area contributed by atoms with E-state index in [0.29, 0.717) is 17.9 Å². The number of benzene rings is 1. The van der Waals surface area contributed by atoms with Gasteiger partial charge in [-0.25, -0.2) is 4.98 Å². The number of pyridine rings is 1. The van der Waals surface area contributed by atoms with Crippen LogP contribution in [-0.2, 0) is 0 Å².